The van der Waals surface area contributed by atoms with Gasteiger partial charge in [0.05, 0.1) is 15.1 Å². The smallest absolute Gasteiger partial charge is 0.258 e. The number of nitro groups is 1. The minimum Gasteiger partial charge on any atom is -0.258 e. The molecule has 0 bridgehead atoms. The summed E-state index contributed by atoms with van der Waals surface area (Å²) in [6, 6.07) is 3.81. The summed E-state index contributed by atoms with van der Waals surface area (Å²) >= 11 is 5.00. The number of nitrogens with zero attached hydrogens (tertiary/aromatic N) is 2. The van der Waals surface area contributed by atoms with E-state index in [2.05, 4.69) is 34.8 Å². The first-order valence-electron chi connectivity index (χ1n) is 6.08. The quantitative estimate of drug-likeness (QED) is 0.458. The van der Waals surface area contributed by atoms with Crippen LogP contribution in [0.2, 0.25) is 0 Å². The van der Waals surface area contributed by atoms with E-state index < -0.39 is 0 Å². The van der Waals surface area contributed by atoms with Crippen molar-refractivity contribution in [2.45, 2.75) is 31.5 Å². The lowest BCUT2D eigenvalue weighted by Crippen LogP contribution is -2.17. The fourth-order valence-corrected chi connectivity index (χ4v) is 4.10. The first-order chi connectivity index (χ1) is 8.93. The largest absolute Gasteiger partial charge is 0.299 e. The van der Waals surface area contributed by atoms with Crippen LogP contribution in [0.4, 0.5) is 5.69 Å². The molecule has 1 heterocycles. The lowest BCUT2D eigenvalue weighted by Gasteiger charge is -2.23. The third-order valence-electron chi connectivity index (χ3n) is 3.26. The van der Waals surface area contributed by atoms with Gasteiger partial charge in [0.25, 0.3) is 5.69 Å². The Labute approximate surface area is 124 Å². The normalized spacial score (nSPS) is 14.8. The molecule has 0 amide bonds. The van der Waals surface area contributed by atoms with Gasteiger partial charge in [-0.2, -0.15) is 0 Å². The van der Waals surface area contributed by atoms with E-state index in [1.54, 1.807) is 5.51 Å². The van der Waals surface area contributed by atoms with Crippen molar-refractivity contribution in [3.63, 3.8) is 0 Å². The second-order valence-electron chi connectivity index (χ2n) is 4.91. The van der Waals surface area contributed by atoms with Crippen molar-refractivity contribution in [2.24, 2.45) is 5.92 Å². The van der Waals surface area contributed by atoms with E-state index in [0.29, 0.717) is 11.4 Å². The molecule has 2 atom stereocenters. The van der Waals surface area contributed by atoms with Crippen LogP contribution in [0.25, 0.3) is 10.2 Å². The minimum absolute atomic E-state index is 0.0894. The molecule has 102 valence electrons. The van der Waals surface area contributed by atoms with Crippen LogP contribution in [0.15, 0.2) is 17.6 Å². The summed E-state index contributed by atoms with van der Waals surface area (Å²) in [7, 11) is 0. The van der Waals surface area contributed by atoms with E-state index in [-0.39, 0.29) is 21.4 Å². The molecule has 0 saturated carbocycles. The van der Waals surface area contributed by atoms with Crippen LogP contribution in [0.5, 0.6) is 0 Å². The zero-order valence-electron chi connectivity index (χ0n) is 11.0. The molecule has 0 spiro atoms. The summed E-state index contributed by atoms with van der Waals surface area (Å²) in [4.78, 5) is 15.5. The molecular formula is C13H15BrN2O2S. The number of hydrogen-bond acceptors (Lipinski definition) is 4. The SMILES string of the molecule is CC(C)C(c1ccc2scnc2c1[N+](=O)[O-])C(C)Br. The number of aromatic nitrogens is 1. The number of halogens is 1. The first-order valence-corrected chi connectivity index (χ1v) is 7.87. The fourth-order valence-electron chi connectivity index (χ4n) is 2.53. The average molecular weight is 343 g/mol. The topological polar surface area (TPSA) is 56.0 Å². The molecular weight excluding hydrogens is 328 g/mol. The van der Waals surface area contributed by atoms with Crippen molar-refractivity contribution in [1.29, 1.82) is 0 Å². The number of hydrogen-bond donors (Lipinski definition) is 0. The number of rotatable bonds is 4. The van der Waals surface area contributed by atoms with Crippen LogP contribution in [0.3, 0.4) is 0 Å². The highest BCUT2D eigenvalue weighted by atomic mass is 79.9. The molecule has 1 aromatic heterocycles. The van der Waals surface area contributed by atoms with Gasteiger partial charge >= 0.3 is 0 Å². The number of fused-ring (bicyclic) bond motifs is 1. The molecule has 0 aliphatic heterocycles. The molecule has 0 N–H and O–H groups in total. The van der Waals surface area contributed by atoms with E-state index >= 15 is 0 Å². The molecule has 2 unspecified atom stereocenters. The molecule has 4 nitrogen and oxygen atoms in total. The number of benzene rings is 1. The van der Waals surface area contributed by atoms with Gasteiger partial charge in [-0.1, -0.05) is 42.8 Å². The molecule has 0 aliphatic carbocycles. The molecule has 0 radical (unpaired) electrons. The Kier molecular flexibility index (Phi) is 4.20. The van der Waals surface area contributed by atoms with E-state index in [4.69, 9.17) is 0 Å². The van der Waals surface area contributed by atoms with Gasteiger partial charge in [0.1, 0.15) is 0 Å². The van der Waals surface area contributed by atoms with Gasteiger partial charge in [0, 0.05) is 16.3 Å². The summed E-state index contributed by atoms with van der Waals surface area (Å²) < 4.78 is 0.861. The van der Waals surface area contributed by atoms with Gasteiger partial charge in [-0.15, -0.1) is 11.3 Å². The predicted molar refractivity (Wildman–Crippen MR) is 82.2 cm³/mol. The van der Waals surface area contributed by atoms with Gasteiger partial charge in [0.2, 0.25) is 0 Å². The Morgan fingerprint density at radius 2 is 2.05 bits per heavy atom. The van der Waals surface area contributed by atoms with Crippen LogP contribution in [-0.2, 0) is 0 Å². The summed E-state index contributed by atoms with van der Waals surface area (Å²) in [5.41, 5.74) is 3.08. The van der Waals surface area contributed by atoms with Crippen molar-refractivity contribution < 1.29 is 4.92 Å². The Hall–Kier alpha value is -1.01. The monoisotopic (exact) mass is 342 g/mol. The molecule has 19 heavy (non-hydrogen) atoms. The second-order valence-corrected chi connectivity index (χ2v) is 7.24. The molecule has 6 heteroatoms. The number of alkyl halides is 1. The van der Waals surface area contributed by atoms with Gasteiger partial charge < -0.3 is 0 Å². The molecule has 0 aliphatic rings. The summed E-state index contributed by atoms with van der Waals surface area (Å²) in [5, 5.41) is 11.4. The molecule has 2 aromatic rings. The summed E-state index contributed by atoms with van der Waals surface area (Å²) in [6.07, 6.45) is 0. The third-order valence-corrected chi connectivity index (χ3v) is 4.63. The van der Waals surface area contributed by atoms with Crippen molar-refractivity contribution in [3.8, 4) is 0 Å². The lowest BCUT2D eigenvalue weighted by molar-refractivity contribution is -0.384. The van der Waals surface area contributed by atoms with Crippen LogP contribution in [0, 0.1) is 16.0 Å². The maximum atomic E-state index is 11.4. The average Bonchev–Trinajstić information content (AvgIpc) is 2.74. The summed E-state index contributed by atoms with van der Waals surface area (Å²) in [6.45, 7) is 6.19. The van der Waals surface area contributed by atoms with Gasteiger partial charge in [-0.05, 0) is 12.0 Å². The van der Waals surface area contributed by atoms with Crippen LogP contribution >= 0.6 is 27.3 Å². The molecule has 0 fully saturated rings. The van der Waals surface area contributed by atoms with Crippen LogP contribution in [-0.4, -0.2) is 14.7 Å². The minimum atomic E-state index is -0.303. The highest BCUT2D eigenvalue weighted by Gasteiger charge is 2.30. The summed E-state index contributed by atoms with van der Waals surface area (Å²) in [5.74, 6) is 0.399. The van der Waals surface area contributed by atoms with Gasteiger partial charge in [-0.3, -0.25) is 10.1 Å². The van der Waals surface area contributed by atoms with E-state index in [9.17, 15) is 10.1 Å². The van der Waals surface area contributed by atoms with Crippen molar-refractivity contribution >= 4 is 43.2 Å². The Morgan fingerprint density at radius 1 is 1.37 bits per heavy atom. The first kappa shape index (κ1) is 14.4. The van der Waals surface area contributed by atoms with Crippen LogP contribution in [0.1, 0.15) is 32.3 Å². The van der Waals surface area contributed by atoms with Gasteiger partial charge in [0.15, 0.2) is 5.52 Å². The van der Waals surface area contributed by atoms with E-state index in [1.807, 2.05) is 19.1 Å². The van der Waals surface area contributed by atoms with Crippen molar-refractivity contribution in [1.82, 2.24) is 4.98 Å². The molecule has 2 rings (SSSR count). The molecule has 0 saturated heterocycles. The zero-order valence-corrected chi connectivity index (χ0v) is 13.4. The Morgan fingerprint density at radius 3 is 2.58 bits per heavy atom. The lowest BCUT2D eigenvalue weighted by atomic mass is 9.85. The molecule has 1 aromatic carbocycles. The maximum absolute atomic E-state index is 11.4. The number of thiazole rings is 1. The second kappa shape index (κ2) is 5.54. The predicted octanol–water partition coefficient (Wildman–Crippen LogP) is 4.73. The fraction of sp³-hybridized carbons (Fsp3) is 0.462. The standard InChI is InChI=1S/C13H15BrN2O2S/c1-7(2)11(8(3)14)9-4-5-10-12(15-6-19-10)13(9)16(17)18/h4-8,11H,1-3H3. The third kappa shape index (κ3) is 2.65. The maximum Gasteiger partial charge on any atom is 0.299 e. The van der Waals surface area contributed by atoms with Gasteiger partial charge in [-0.25, -0.2) is 4.98 Å². The van der Waals surface area contributed by atoms with Crippen LogP contribution < -0.4 is 0 Å². The van der Waals surface area contributed by atoms with E-state index in [0.717, 1.165) is 10.3 Å². The van der Waals surface area contributed by atoms with Crippen molar-refractivity contribution in [3.05, 3.63) is 33.3 Å². The highest BCUT2D eigenvalue weighted by Crippen LogP contribution is 2.40. The zero-order chi connectivity index (χ0) is 14.2. The van der Waals surface area contributed by atoms with E-state index in [1.165, 1.54) is 11.3 Å². The number of nitro benzene ring substituents is 1. The Bertz CT molecular complexity index is 602. The van der Waals surface area contributed by atoms with Crippen molar-refractivity contribution in [2.75, 3.05) is 0 Å². The Balaban J connectivity index is 2.71. The highest BCUT2D eigenvalue weighted by molar-refractivity contribution is 9.09.